The largest absolute Gasteiger partial charge is 0.300 e. The van der Waals surface area contributed by atoms with Crippen molar-refractivity contribution in [1.82, 2.24) is 19.2 Å². The Morgan fingerprint density at radius 2 is 1.75 bits per heavy atom. The lowest BCUT2D eigenvalue weighted by atomic mass is 10.3. The van der Waals surface area contributed by atoms with Gasteiger partial charge >= 0.3 is 0 Å². The highest BCUT2D eigenvalue weighted by Crippen LogP contribution is 2.13. The predicted octanol–water partition coefficient (Wildman–Crippen LogP) is 1.35. The molecule has 0 amide bonds. The van der Waals surface area contributed by atoms with E-state index in [1.165, 1.54) is 11.3 Å². The van der Waals surface area contributed by atoms with Gasteiger partial charge in [0.25, 0.3) is 5.56 Å². The van der Waals surface area contributed by atoms with Gasteiger partial charge in [-0.1, -0.05) is 18.2 Å². The molecule has 1 aromatic carbocycles. The van der Waals surface area contributed by atoms with Gasteiger partial charge in [0.05, 0.1) is 16.3 Å². The number of hydrogen-bond donors (Lipinski definition) is 0. The average molecular weight is 419 g/mol. The minimum Gasteiger partial charge on any atom is -0.300 e. The van der Waals surface area contributed by atoms with Crippen LogP contribution in [0.5, 0.6) is 0 Å². The van der Waals surface area contributed by atoms with Gasteiger partial charge in [-0.15, -0.1) is 11.3 Å². The Hall–Kier alpha value is -2.07. The van der Waals surface area contributed by atoms with Crippen LogP contribution in [-0.4, -0.2) is 66.1 Å². The maximum Gasteiger partial charge on any atom is 0.258 e. The smallest absolute Gasteiger partial charge is 0.258 e. The molecule has 2 aromatic heterocycles. The summed E-state index contributed by atoms with van der Waals surface area (Å²) in [6, 6.07) is 10.2. The standard InChI is InChI=1S/C19H22N4O3S2/c24-18-14-16(20-19-23(18)10-12-27-19)15-22-8-6-21(7-9-22)11-13-28(25,26)17-4-2-1-3-5-17/h1-5,10,12,14H,6-9,11,13,15H2. The van der Waals surface area contributed by atoms with Crippen molar-refractivity contribution in [3.63, 3.8) is 0 Å². The van der Waals surface area contributed by atoms with Crippen LogP contribution in [0, 0.1) is 0 Å². The fraction of sp³-hybridized carbons (Fsp3) is 0.368. The van der Waals surface area contributed by atoms with E-state index in [1.807, 2.05) is 11.4 Å². The first-order valence-corrected chi connectivity index (χ1v) is 11.7. The first-order chi connectivity index (χ1) is 13.5. The molecule has 1 fully saturated rings. The number of piperazine rings is 1. The van der Waals surface area contributed by atoms with Gasteiger partial charge in [0.1, 0.15) is 0 Å². The Bertz CT molecular complexity index is 1100. The van der Waals surface area contributed by atoms with E-state index in [1.54, 1.807) is 40.9 Å². The summed E-state index contributed by atoms with van der Waals surface area (Å²) >= 11 is 1.45. The molecule has 0 radical (unpaired) electrons. The molecule has 0 spiro atoms. The number of thiazole rings is 1. The Morgan fingerprint density at radius 1 is 1.04 bits per heavy atom. The molecule has 3 heterocycles. The van der Waals surface area contributed by atoms with E-state index in [0.29, 0.717) is 22.9 Å². The van der Waals surface area contributed by atoms with Crippen LogP contribution in [0.15, 0.2) is 57.7 Å². The summed E-state index contributed by atoms with van der Waals surface area (Å²) < 4.78 is 26.4. The van der Waals surface area contributed by atoms with Gasteiger partial charge in [-0.3, -0.25) is 19.0 Å². The van der Waals surface area contributed by atoms with Gasteiger partial charge in [0.2, 0.25) is 0 Å². The van der Waals surface area contributed by atoms with Crippen LogP contribution in [-0.2, 0) is 16.4 Å². The van der Waals surface area contributed by atoms with Gasteiger partial charge in [0, 0.05) is 56.9 Å². The summed E-state index contributed by atoms with van der Waals surface area (Å²) in [5, 5.41) is 1.86. The number of sulfone groups is 1. The van der Waals surface area contributed by atoms with Crippen molar-refractivity contribution in [2.24, 2.45) is 0 Å². The van der Waals surface area contributed by atoms with E-state index in [9.17, 15) is 13.2 Å². The molecular formula is C19H22N4O3S2. The zero-order chi connectivity index (χ0) is 19.6. The molecular weight excluding hydrogens is 396 g/mol. The van der Waals surface area contributed by atoms with Gasteiger partial charge in [0.15, 0.2) is 14.8 Å². The molecule has 0 atom stereocenters. The monoisotopic (exact) mass is 418 g/mol. The number of nitrogens with zero attached hydrogens (tertiary/aromatic N) is 4. The Morgan fingerprint density at radius 3 is 2.50 bits per heavy atom. The van der Waals surface area contributed by atoms with Crippen molar-refractivity contribution in [1.29, 1.82) is 0 Å². The normalized spacial score (nSPS) is 16.6. The molecule has 3 aromatic rings. The number of aromatic nitrogens is 2. The molecule has 0 N–H and O–H groups in total. The van der Waals surface area contributed by atoms with Crippen molar-refractivity contribution in [3.05, 3.63) is 64.0 Å². The molecule has 9 heteroatoms. The Kier molecular flexibility index (Phi) is 5.58. The number of fused-ring (bicyclic) bond motifs is 1. The van der Waals surface area contributed by atoms with Crippen LogP contribution in [0.3, 0.4) is 0 Å². The van der Waals surface area contributed by atoms with Crippen LogP contribution >= 0.6 is 11.3 Å². The topological polar surface area (TPSA) is 75.0 Å². The minimum atomic E-state index is -3.24. The summed E-state index contributed by atoms with van der Waals surface area (Å²) in [5.74, 6) is 0.129. The second-order valence-electron chi connectivity index (χ2n) is 6.89. The van der Waals surface area contributed by atoms with Crippen LogP contribution in [0.1, 0.15) is 5.69 Å². The number of hydrogen-bond acceptors (Lipinski definition) is 7. The van der Waals surface area contributed by atoms with Crippen molar-refractivity contribution < 1.29 is 8.42 Å². The fourth-order valence-corrected chi connectivity index (χ4v) is 5.41. The van der Waals surface area contributed by atoms with Gasteiger partial charge < -0.3 is 0 Å². The van der Waals surface area contributed by atoms with E-state index in [2.05, 4.69) is 14.8 Å². The first kappa shape index (κ1) is 19.3. The predicted molar refractivity (Wildman–Crippen MR) is 110 cm³/mol. The highest BCUT2D eigenvalue weighted by Gasteiger charge is 2.21. The molecule has 0 saturated carbocycles. The highest BCUT2D eigenvalue weighted by atomic mass is 32.2. The fourth-order valence-electron chi connectivity index (χ4n) is 3.36. The van der Waals surface area contributed by atoms with Crippen LogP contribution in [0.25, 0.3) is 4.96 Å². The van der Waals surface area contributed by atoms with E-state index >= 15 is 0 Å². The molecule has 7 nitrogen and oxygen atoms in total. The van der Waals surface area contributed by atoms with E-state index in [4.69, 9.17) is 0 Å². The summed E-state index contributed by atoms with van der Waals surface area (Å²) in [6.45, 7) is 4.45. The second kappa shape index (κ2) is 8.12. The molecule has 0 aliphatic carbocycles. The van der Waals surface area contributed by atoms with Crippen molar-refractivity contribution in [2.75, 3.05) is 38.5 Å². The number of benzene rings is 1. The van der Waals surface area contributed by atoms with Crippen molar-refractivity contribution in [2.45, 2.75) is 11.4 Å². The summed E-state index contributed by atoms with van der Waals surface area (Å²) in [7, 11) is -3.24. The maximum atomic E-state index is 12.4. The van der Waals surface area contributed by atoms with Crippen LogP contribution < -0.4 is 5.56 Å². The Labute approximate surface area is 167 Å². The highest BCUT2D eigenvalue weighted by molar-refractivity contribution is 7.91. The van der Waals surface area contributed by atoms with Gasteiger partial charge in [-0.25, -0.2) is 13.4 Å². The lowest BCUT2D eigenvalue weighted by Gasteiger charge is -2.34. The molecule has 1 aliphatic rings. The average Bonchev–Trinajstić information content (AvgIpc) is 3.17. The van der Waals surface area contributed by atoms with E-state index < -0.39 is 9.84 Å². The lowest BCUT2D eigenvalue weighted by Crippen LogP contribution is -2.47. The quantitative estimate of drug-likeness (QED) is 0.602. The van der Waals surface area contributed by atoms with Crippen LogP contribution in [0.2, 0.25) is 0 Å². The third-order valence-electron chi connectivity index (χ3n) is 4.99. The molecule has 4 rings (SSSR count). The lowest BCUT2D eigenvalue weighted by molar-refractivity contribution is 0.131. The number of rotatable bonds is 6. The van der Waals surface area contributed by atoms with Gasteiger partial charge in [-0.2, -0.15) is 0 Å². The third kappa shape index (κ3) is 4.33. The zero-order valence-corrected chi connectivity index (χ0v) is 17.0. The zero-order valence-electron chi connectivity index (χ0n) is 15.4. The molecule has 28 heavy (non-hydrogen) atoms. The first-order valence-electron chi connectivity index (χ1n) is 9.19. The summed E-state index contributed by atoms with van der Waals surface area (Å²) in [6.07, 6.45) is 1.74. The molecule has 0 unspecified atom stereocenters. The van der Waals surface area contributed by atoms with Crippen molar-refractivity contribution in [3.8, 4) is 0 Å². The summed E-state index contributed by atoms with van der Waals surface area (Å²) in [4.78, 5) is 22.2. The Balaban J connectivity index is 1.30. The van der Waals surface area contributed by atoms with Gasteiger partial charge in [-0.05, 0) is 12.1 Å². The molecule has 1 aliphatic heterocycles. The minimum absolute atomic E-state index is 0.0500. The SMILES string of the molecule is O=c1cc(CN2CCN(CCS(=O)(=O)c3ccccc3)CC2)nc2sccn12. The third-order valence-corrected chi connectivity index (χ3v) is 7.45. The van der Waals surface area contributed by atoms with E-state index in [0.717, 1.165) is 31.9 Å². The van der Waals surface area contributed by atoms with Crippen LogP contribution in [0.4, 0.5) is 0 Å². The molecule has 1 saturated heterocycles. The summed E-state index contributed by atoms with van der Waals surface area (Å²) in [5.41, 5.74) is 0.735. The molecule has 0 bridgehead atoms. The molecule has 148 valence electrons. The van der Waals surface area contributed by atoms with E-state index in [-0.39, 0.29) is 11.3 Å². The van der Waals surface area contributed by atoms with Crippen molar-refractivity contribution >= 4 is 26.1 Å². The maximum absolute atomic E-state index is 12.4. The second-order valence-corrected chi connectivity index (χ2v) is 9.87.